The number of alkyl halides is 3. The van der Waals surface area contributed by atoms with E-state index in [1.165, 1.54) is 6.92 Å². The van der Waals surface area contributed by atoms with Crippen LogP contribution in [0.2, 0.25) is 0 Å². The lowest BCUT2D eigenvalue weighted by Crippen LogP contribution is -2.30. The monoisotopic (exact) mass is 287 g/mol. The second-order valence-electron chi connectivity index (χ2n) is 4.81. The van der Waals surface area contributed by atoms with E-state index in [1.807, 2.05) is 26.0 Å². The fourth-order valence-corrected chi connectivity index (χ4v) is 2.24. The van der Waals surface area contributed by atoms with Crippen LogP contribution in [0.5, 0.6) is 0 Å². The highest BCUT2D eigenvalue weighted by Crippen LogP contribution is 2.31. The Kier molecular flexibility index (Phi) is 5.60. The largest absolute Gasteiger partial charge is 0.391 e. The fraction of sp³-hybridized carbons (Fsp3) is 0.533. The van der Waals surface area contributed by atoms with Gasteiger partial charge in [-0.25, -0.2) is 0 Å². The maximum absolute atomic E-state index is 12.7. The maximum atomic E-state index is 12.7. The van der Waals surface area contributed by atoms with E-state index in [9.17, 15) is 18.0 Å². The lowest BCUT2D eigenvalue weighted by molar-refractivity contribution is -0.142. The summed E-state index contributed by atoms with van der Waals surface area (Å²) < 4.78 is 38.0. The summed E-state index contributed by atoms with van der Waals surface area (Å²) in [6.07, 6.45) is -3.90. The van der Waals surface area contributed by atoms with Crippen molar-refractivity contribution in [1.82, 2.24) is 5.32 Å². The molecule has 5 heteroatoms. The van der Waals surface area contributed by atoms with Crippen molar-refractivity contribution in [2.45, 2.75) is 52.3 Å². The van der Waals surface area contributed by atoms with E-state index in [1.54, 1.807) is 6.07 Å². The maximum Gasteiger partial charge on any atom is 0.391 e. The highest BCUT2D eigenvalue weighted by Gasteiger charge is 2.33. The van der Waals surface area contributed by atoms with Gasteiger partial charge in [-0.2, -0.15) is 13.2 Å². The number of hydrogen-bond donors (Lipinski definition) is 1. The van der Waals surface area contributed by atoms with E-state index in [-0.39, 0.29) is 0 Å². The first-order valence-electron chi connectivity index (χ1n) is 6.72. The smallest absolute Gasteiger partial charge is 0.349 e. The quantitative estimate of drug-likeness (QED) is 0.873. The van der Waals surface area contributed by atoms with E-state index in [0.717, 1.165) is 17.5 Å². The van der Waals surface area contributed by atoms with E-state index < -0.39 is 24.5 Å². The summed E-state index contributed by atoms with van der Waals surface area (Å²) in [6, 6.07) is 4.41. The van der Waals surface area contributed by atoms with Gasteiger partial charge in [0.15, 0.2) is 0 Å². The third-order valence-electron chi connectivity index (χ3n) is 3.19. The highest BCUT2D eigenvalue weighted by molar-refractivity contribution is 5.73. The third kappa shape index (κ3) is 4.87. The highest BCUT2D eigenvalue weighted by atomic mass is 19.4. The van der Waals surface area contributed by atoms with Crippen LogP contribution in [0.25, 0.3) is 0 Å². The molecule has 1 unspecified atom stereocenters. The molecule has 0 saturated carbocycles. The van der Waals surface area contributed by atoms with Crippen molar-refractivity contribution in [3.63, 3.8) is 0 Å². The zero-order valence-electron chi connectivity index (χ0n) is 12.0. The summed E-state index contributed by atoms with van der Waals surface area (Å²) in [5.74, 6) is -0.458. The predicted octanol–water partition coefficient (Wildman–Crippen LogP) is 3.94. The molecule has 1 atom stereocenters. The first kappa shape index (κ1) is 16.5. The molecule has 112 valence electrons. The topological polar surface area (TPSA) is 29.1 Å². The van der Waals surface area contributed by atoms with Crippen LogP contribution < -0.4 is 5.32 Å². The van der Waals surface area contributed by atoms with Crippen LogP contribution in [0.3, 0.4) is 0 Å². The van der Waals surface area contributed by atoms with Crippen molar-refractivity contribution in [3.05, 3.63) is 34.9 Å². The van der Waals surface area contributed by atoms with Crippen LogP contribution in [0.15, 0.2) is 18.2 Å². The molecular formula is C15H20F3NO. The van der Waals surface area contributed by atoms with Gasteiger partial charge in [0.1, 0.15) is 0 Å². The number of aryl methyl sites for hydroxylation is 2. The summed E-state index contributed by atoms with van der Waals surface area (Å²) in [4.78, 5) is 11.2. The van der Waals surface area contributed by atoms with Gasteiger partial charge in [-0.05, 0) is 29.5 Å². The number of hydrogen-bond acceptors (Lipinski definition) is 1. The number of amides is 1. The normalized spacial score (nSPS) is 13.1. The number of benzene rings is 1. The molecular weight excluding hydrogens is 267 g/mol. The molecule has 1 N–H and O–H groups in total. The van der Waals surface area contributed by atoms with Gasteiger partial charge in [0, 0.05) is 6.92 Å². The summed E-state index contributed by atoms with van der Waals surface area (Å²) in [5, 5.41) is 2.41. The first-order valence-corrected chi connectivity index (χ1v) is 6.72. The zero-order chi connectivity index (χ0) is 15.3. The van der Waals surface area contributed by atoms with Crippen molar-refractivity contribution in [1.29, 1.82) is 0 Å². The lowest BCUT2D eigenvalue weighted by atomic mass is 9.93. The summed E-state index contributed by atoms with van der Waals surface area (Å²) in [5.41, 5.74) is 2.49. The van der Waals surface area contributed by atoms with Crippen LogP contribution in [0.1, 0.15) is 49.9 Å². The Hall–Kier alpha value is -1.52. The minimum atomic E-state index is -4.32. The summed E-state index contributed by atoms with van der Waals surface area (Å²) in [6.45, 7) is 5.13. The Labute approximate surface area is 117 Å². The van der Waals surface area contributed by atoms with Crippen LogP contribution in [-0.2, 0) is 17.6 Å². The van der Waals surface area contributed by atoms with Gasteiger partial charge >= 0.3 is 6.18 Å². The van der Waals surface area contributed by atoms with Crippen molar-refractivity contribution in [2.24, 2.45) is 0 Å². The molecule has 0 aromatic heterocycles. The minimum Gasteiger partial charge on any atom is -0.349 e. The molecule has 0 spiro atoms. The number of nitrogens with one attached hydrogen (secondary N) is 1. The number of halogens is 3. The van der Waals surface area contributed by atoms with E-state index in [2.05, 4.69) is 5.32 Å². The van der Waals surface area contributed by atoms with E-state index in [0.29, 0.717) is 12.0 Å². The Balaban J connectivity index is 3.15. The molecule has 0 radical (unpaired) electrons. The molecule has 20 heavy (non-hydrogen) atoms. The second-order valence-corrected chi connectivity index (χ2v) is 4.81. The van der Waals surface area contributed by atoms with Gasteiger partial charge in [-0.3, -0.25) is 4.79 Å². The molecule has 0 aliphatic rings. The van der Waals surface area contributed by atoms with Gasteiger partial charge < -0.3 is 5.32 Å². The standard InChI is InChI=1S/C15H20F3NO/c1-4-11-6-7-13(12(5-2)8-11)14(19-10(3)20)9-15(16,17)18/h6-8,14H,4-5,9H2,1-3H3,(H,19,20). The minimum absolute atomic E-state index is 0.458. The van der Waals surface area contributed by atoms with Gasteiger partial charge in [0.25, 0.3) is 0 Å². The number of carbonyl (C=O) groups excluding carboxylic acids is 1. The number of carbonyl (C=O) groups is 1. The molecule has 0 saturated heterocycles. The molecule has 0 bridgehead atoms. The van der Waals surface area contributed by atoms with Crippen molar-refractivity contribution in [2.75, 3.05) is 0 Å². The van der Waals surface area contributed by atoms with Crippen LogP contribution in [0.4, 0.5) is 13.2 Å². The SMILES string of the molecule is CCc1ccc(C(CC(F)(F)F)NC(C)=O)c(CC)c1. The molecule has 0 fully saturated rings. The molecule has 1 amide bonds. The molecule has 1 aromatic carbocycles. The fourth-order valence-electron chi connectivity index (χ4n) is 2.24. The Morgan fingerprint density at radius 2 is 1.90 bits per heavy atom. The van der Waals surface area contributed by atoms with Gasteiger partial charge in [-0.1, -0.05) is 32.0 Å². The van der Waals surface area contributed by atoms with Crippen molar-refractivity contribution in [3.8, 4) is 0 Å². The average Bonchev–Trinajstić information content (AvgIpc) is 2.35. The average molecular weight is 287 g/mol. The second kappa shape index (κ2) is 6.77. The van der Waals surface area contributed by atoms with E-state index >= 15 is 0 Å². The van der Waals surface area contributed by atoms with Gasteiger partial charge in [0.2, 0.25) is 5.91 Å². The first-order chi connectivity index (χ1) is 9.26. The Morgan fingerprint density at radius 1 is 1.25 bits per heavy atom. The molecule has 0 aliphatic heterocycles. The number of rotatable bonds is 5. The Morgan fingerprint density at radius 3 is 2.35 bits per heavy atom. The van der Waals surface area contributed by atoms with E-state index in [4.69, 9.17) is 0 Å². The van der Waals surface area contributed by atoms with Gasteiger partial charge in [0.05, 0.1) is 12.5 Å². The Bertz CT molecular complexity index is 469. The van der Waals surface area contributed by atoms with Gasteiger partial charge in [-0.15, -0.1) is 0 Å². The van der Waals surface area contributed by atoms with Crippen LogP contribution >= 0.6 is 0 Å². The third-order valence-corrected chi connectivity index (χ3v) is 3.19. The zero-order valence-corrected chi connectivity index (χ0v) is 12.0. The lowest BCUT2D eigenvalue weighted by Gasteiger charge is -2.23. The molecule has 0 heterocycles. The van der Waals surface area contributed by atoms with Crippen molar-refractivity contribution >= 4 is 5.91 Å². The van der Waals surface area contributed by atoms with Crippen molar-refractivity contribution < 1.29 is 18.0 Å². The molecule has 1 aromatic rings. The summed E-state index contributed by atoms with van der Waals surface area (Å²) in [7, 11) is 0. The summed E-state index contributed by atoms with van der Waals surface area (Å²) >= 11 is 0. The molecule has 2 nitrogen and oxygen atoms in total. The van der Waals surface area contributed by atoms with Crippen LogP contribution in [0, 0.1) is 0 Å². The van der Waals surface area contributed by atoms with Crippen LogP contribution in [-0.4, -0.2) is 12.1 Å². The predicted molar refractivity (Wildman–Crippen MR) is 72.4 cm³/mol. The molecule has 0 aliphatic carbocycles. The molecule has 1 rings (SSSR count).